The molecule has 2 aliphatic heterocycles. The highest BCUT2D eigenvalue weighted by atomic mass is 35.5. The van der Waals surface area contributed by atoms with E-state index in [4.69, 9.17) is 11.6 Å². The van der Waals surface area contributed by atoms with E-state index in [-0.39, 0.29) is 24.4 Å². The van der Waals surface area contributed by atoms with Gasteiger partial charge in [0.2, 0.25) is 0 Å². The van der Waals surface area contributed by atoms with Crippen molar-refractivity contribution in [3.05, 3.63) is 63.7 Å². The van der Waals surface area contributed by atoms with Crippen LogP contribution in [0.4, 0.5) is 0 Å². The predicted octanol–water partition coefficient (Wildman–Crippen LogP) is 5.61. The van der Waals surface area contributed by atoms with Crippen LogP contribution in [-0.2, 0) is 21.5 Å². The first kappa shape index (κ1) is 29.1. The van der Waals surface area contributed by atoms with Crippen molar-refractivity contribution in [1.82, 2.24) is 18.5 Å². The molecule has 4 bridgehead atoms. The van der Waals surface area contributed by atoms with Gasteiger partial charge in [-0.2, -0.15) is 12.7 Å². The number of Topliss-reactive ketones (excluding diaryl/α,β-unsaturated/α-hetero) is 1. The number of fused-ring (bicyclic) bond motifs is 4. The number of likely N-dealkylation sites (N-methyl/N-ethyl adjacent to an activating group) is 1. The Morgan fingerprint density at radius 2 is 1.67 bits per heavy atom. The molecule has 0 radical (unpaired) electrons. The minimum absolute atomic E-state index is 0.0465. The third kappa shape index (κ3) is 5.55. The highest BCUT2D eigenvalue weighted by Gasteiger charge is 2.31. The number of aromatic nitrogens is 1. The number of hydrogen-bond donors (Lipinski definition) is 1. The second kappa shape index (κ2) is 11.6. The predicted molar refractivity (Wildman–Crippen MR) is 167 cm³/mol. The Morgan fingerprint density at radius 1 is 0.905 bits per heavy atom. The molecule has 1 N–H and O–H groups in total. The molecule has 3 aliphatic rings. The molecule has 42 heavy (non-hydrogen) atoms. The van der Waals surface area contributed by atoms with Crippen molar-refractivity contribution in [1.29, 1.82) is 0 Å². The Morgan fingerprint density at radius 3 is 2.45 bits per heavy atom. The van der Waals surface area contributed by atoms with Gasteiger partial charge in [-0.05, 0) is 86.7 Å². The molecule has 0 unspecified atom stereocenters. The van der Waals surface area contributed by atoms with Crippen molar-refractivity contribution in [2.75, 3.05) is 33.7 Å². The van der Waals surface area contributed by atoms with Crippen LogP contribution in [0.2, 0.25) is 5.02 Å². The van der Waals surface area contributed by atoms with Crippen LogP contribution in [0.25, 0.3) is 28.2 Å². The van der Waals surface area contributed by atoms with Gasteiger partial charge in [0.1, 0.15) is 0 Å². The van der Waals surface area contributed by atoms with Crippen LogP contribution in [-0.4, -0.2) is 67.6 Å². The summed E-state index contributed by atoms with van der Waals surface area (Å²) in [5.74, 6) is -0.295. The Bertz CT molecular complexity index is 1700. The molecule has 1 aromatic heterocycles. The van der Waals surface area contributed by atoms with Gasteiger partial charge >= 0.3 is 10.2 Å². The summed E-state index contributed by atoms with van der Waals surface area (Å²) < 4.78 is 31.6. The Hall–Kier alpha value is -2.98. The normalized spacial score (nSPS) is 21.2. The fraction of sp³-hybridized carbons (Fsp3) is 0.438. The SMILES string of the molecule is CN1CCCCN(C)S(=O)(=O)NC(=O)c2ccc3c(C4CCCCC4)c4n(c3c2)CC(=Cc2ccc(Cl)cc2-4)C(=O)C1. The van der Waals surface area contributed by atoms with Gasteiger partial charge < -0.3 is 4.57 Å². The van der Waals surface area contributed by atoms with Crippen LogP contribution < -0.4 is 4.72 Å². The lowest BCUT2D eigenvalue weighted by atomic mass is 9.81. The molecule has 0 atom stereocenters. The van der Waals surface area contributed by atoms with Crippen LogP contribution in [0.3, 0.4) is 0 Å². The first-order chi connectivity index (χ1) is 20.1. The number of ketones is 1. The number of carbonyl (C=O) groups excluding carboxylic acids is 2. The summed E-state index contributed by atoms with van der Waals surface area (Å²) in [6.07, 6.45) is 8.97. The van der Waals surface area contributed by atoms with Gasteiger partial charge in [0, 0.05) is 46.2 Å². The van der Waals surface area contributed by atoms with E-state index in [2.05, 4.69) is 9.29 Å². The molecule has 2 aromatic carbocycles. The second-order valence-corrected chi connectivity index (χ2v) is 14.2. The second-order valence-electron chi connectivity index (χ2n) is 11.9. The largest absolute Gasteiger partial charge is 0.336 e. The number of nitrogens with one attached hydrogen (secondary N) is 1. The molecule has 0 spiro atoms. The Balaban J connectivity index is 1.60. The number of hydrogen-bond acceptors (Lipinski definition) is 5. The van der Waals surface area contributed by atoms with Crippen LogP contribution >= 0.6 is 11.6 Å². The van der Waals surface area contributed by atoms with Crippen molar-refractivity contribution >= 4 is 50.5 Å². The molecule has 1 saturated carbocycles. The van der Waals surface area contributed by atoms with E-state index < -0.39 is 16.1 Å². The van der Waals surface area contributed by atoms with Crippen LogP contribution in [0.15, 0.2) is 42.0 Å². The summed E-state index contributed by atoms with van der Waals surface area (Å²) in [6, 6.07) is 11.3. The maximum Gasteiger partial charge on any atom is 0.303 e. The van der Waals surface area contributed by atoms with Crippen LogP contribution in [0.5, 0.6) is 0 Å². The topological polar surface area (TPSA) is 91.7 Å². The Kier molecular flexibility index (Phi) is 8.04. The molecule has 3 heterocycles. The smallest absolute Gasteiger partial charge is 0.303 e. The third-order valence-electron chi connectivity index (χ3n) is 8.97. The van der Waals surface area contributed by atoms with E-state index in [1.165, 1.54) is 23.3 Å². The lowest BCUT2D eigenvalue weighted by Gasteiger charge is -2.24. The molecule has 1 amide bonds. The molecular weight excluding hydrogens is 572 g/mol. The van der Waals surface area contributed by atoms with Crippen molar-refractivity contribution < 1.29 is 18.0 Å². The fourth-order valence-electron chi connectivity index (χ4n) is 6.72. The van der Waals surface area contributed by atoms with Gasteiger partial charge in [0.05, 0.1) is 18.8 Å². The molecule has 8 nitrogen and oxygen atoms in total. The summed E-state index contributed by atoms with van der Waals surface area (Å²) in [6.45, 7) is 1.53. The molecule has 10 heteroatoms. The van der Waals surface area contributed by atoms with Gasteiger partial charge in [0.25, 0.3) is 5.91 Å². The molecule has 1 fully saturated rings. The lowest BCUT2D eigenvalue weighted by molar-refractivity contribution is -0.116. The van der Waals surface area contributed by atoms with E-state index in [0.717, 1.165) is 53.4 Å². The first-order valence-electron chi connectivity index (χ1n) is 14.8. The van der Waals surface area contributed by atoms with Crippen molar-refractivity contribution in [3.63, 3.8) is 0 Å². The molecule has 222 valence electrons. The molecule has 6 rings (SSSR count). The number of rotatable bonds is 1. The zero-order valence-corrected chi connectivity index (χ0v) is 25.7. The molecular formula is C32H37ClN4O4S. The quantitative estimate of drug-likeness (QED) is 0.388. The van der Waals surface area contributed by atoms with Crippen molar-refractivity contribution in [2.24, 2.45) is 0 Å². The summed E-state index contributed by atoms with van der Waals surface area (Å²) in [5.41, 5.74) is 5.94. The fourth-order valence-corrected chi connectivity index (χ4v) is 7.77. The average molecular weight is 609 g/mol. The van der Waals surface area contributed by atoms with Crippen LogP contribution in [0.1, 0.15) is 72.3 Å². The maximum atomic E-state index is 13.8. The maximum absolute atomic E-state index is 13.8. The van der Waals surface area contributed by atoms with E-state index in [9.17, 15) is 18.0 Å². The molecule has 0 saturated heterocycles. The summed E-state index contributed by atoms with van der Waals surface area (Å²) in [7, 11) is -0.622. The standard InChI is InChI=1S/C32H37ClN4O4S/c1-35-14-6-7-15-36(2)42(40,41)34-32(39)23-11-13-26-28(17-23)37-19-24(29(38)20-35)16-22-10-12-25(33)18-27(22)31(37)30(26)21-8-4-3-5-9-21/h10-13,16-18,21H,3-9,14-15,19-20H2,1-2H3,(H,34,39). The minimum Gasteiger partial charge on any atom is -0.336 e. The van der Waals surface area contributed by atoms with E-state index >= 15 is 0 Å². The van der Waals surface area contributed by atoms with Gasteiger partial charge in [-0.3, -0.25) is 14.5 Å². The van der Waals surface area contributed by atoms with Crippen LogP contribution in [0, 0.1) is 0 Å². The highest BCUT2D eigenvalue weighted by Crippen LogP contribution is 2.47. The lowest BCUT2D eigenvalue weighted by Crippen LogP contribution is -2.42. The third-order valence-corrected chi connectivity index (χ3v) is 10.7. The number of halogens is 1. The zero-order valence-electron chi connectivity index (χ0n) is 24.2. The molecule has 3 aromatic rings. The van der Waals surface area contributed by atoms with Crippen molar-refractivity contribution in [2.45, 2.75) is 57.4 Å². The first-order valence-corrected chi connectivity index (χ1v) is 16.6. The number of amides is 1. The van der Waals surface area contributed by atoms with E-state index in [0.29, 0.717) is 42.4 Å². The number of carbonyl (C=O) groups is 2. The number of benzene rings is 2. The summed E-state index contributed by atoms with van der Waals surface area (Å²) in [5, 5.41) is 1.65. The summed E-state index contributed by atoms with van der Waals surface area (Å²) >= 11 is 6.58. The summed E-state index contributed by atoms with van der Waals surface area (Å²) in [4.78, 5) is 29.1. The highest BCUT2D eigenvalue weighted by molar-refractivity contribution is 7.87. The van der Waals surface area contributed by atoms with Gasteiger partial charge in [-0.1, -0.05) is 43.0 Å². The van der Waals surface area contributed by atoms with Gasteiger partial charge in [0.15, 0.2) is 5.78 Å². The monoisotopic (exact) mass is 608 g/mol. The van der Waals surface area contributed by atoms with Gasteiger partial charge in [-0.15, -0.1) is 0 Å². The average Bonchev–Trinajstić information content (AvgIpc) is 3.18. The minimum atomic E-state index is -4.01. The van der Waals surface area contributed by atoms with Gasteiger partial charge in [-0.25, -0.2) is 4.72 Å². The van der Waals surface area contributed by atoms with Crippen molar-refractivity contribution in [3.8, 4) is 11.3 Å². The number of nitrogens with zero attached hydrogens (tertiary/aromatic N) is 3. The Labute approximate surface area is 252 Å². The molecule has 1 aliphatic carbocycles. The van der Waals surface area contributed by atoms with E-state index in [1.807, 2.05) is 42.3 Å². The zero-order chi connectivity index (χ0) is 29.6. The van der Waals surface area contributed by atoms with E-state index in [1.54, 1.807) is 12.1 Å².